The van der Waals surface area contributed by atoms with Gasteiger partial charge in [-0.2, -0.15) is 0 Å². The third-order valence-corrected chi connectivity index (χ3v) is 10.6. The number of benzene rings is 1. The molecule has 0 bridgehead atoms. The van der Waals surface area contributed by atoms with Crippen molar-refractivity contribution in [1.29, 1.82) is 0 Å². The molecule has 1 aromatic carbocycles. The molecule has 1 spiro atoms. The smallest absolute Gasteiger partial charge is 0.342 e. The van der Waals surface area contributed by atoms with Crippen LogP contribution in [0.5, 0.6) is 11.5 Å². The Bertz CT molecular complexity index is 1040. The van der Waals surface area contributed by atoms with Crippen molar-refractivity contribution < 1.29 is 19.7 Å². The Labute approximate surface area is 204 Å². The first-order chi connectivity index (χ1) is 16.1. The third kappa shape index (κ3) is 3.12. The Balaban J connectivity index is 1.46. The first kappa shape index (κ1) is 23.8. The van der Waals surface area contributed by atoms with Gasteiger partial charge in [0.05, 0.1) is 0 Å². The van der Waals surface area contributed by atoms with Gasteiger partial charge in [0.1, 0.15) is 23.2 Å². The summed E-state index contributed by atoms with van der Waals surface area (Å²) in [5.41, 5.74) is 3.46. The second kappa shape index (κ2) is 8.03. The van der Waals surface area contributed by atoms with Gasteiger partial charge in [-0.05, 0) is 86.7 Å². The number of aromatic hydroxyl groups is 2. The average molecular weight is 467 g/mol. The highest BCUT2D eigenvalue weighted by atomic mass is 16.5. The van der Waals surface area contributed by atoms with Gasteiger partial charge in [0, 0.05) is 16.9 Å². The summed E-state index contributed by atoms with van der Waals surface area (Å²) >= 11 is 0. The van der Waals surface area contributed by atoms with E-state index < -0.39 is 5.97 Å². The fourth-order valence-corrected chi connectivity index (χ4v) is 8.63. The van der Waals surface area contributed by atoms with Crippen LogP contribution in [0.15, 0.2) is 17.7 Å². The molecule has 4 heteroatoms. The van der Waals surface area contributed by atoms with Gasteiger partial charge in [-0.15, -0.1) is 0 Å². The molecule has 3 saturated carbocycles. The van der Waals surface area contributed by atoms with E-state index in [-0.39, 0.29) is 34.5 Å². The van der Waals surface area contributed by atoms with E-state index in [1.807, 2.05) is 0 Å². The lowest BCUT2D eigenvalue weighted by atomic mass is 9.53. The summed E-state index contributed by atoms with van der Waals surface area (Å²) in [5.74, 6) is 0.300. The zero-order valence-electron chi connectivity index (χ0n) is 21.7. The maximum atomic E-state index is 13.7. The van der Waals surface area contributed by atoms with Crippen molar-refractivity contribution in [3.8, 4) is 11.5 Å². The number of ether oxygens (including phenoxy) is 1. The number of rotatable bonds is 7. The van der Waals surface area contributed by atoms with Crippen LogP contribution >= 0.6 is 0 Å². The number of carbonyl (C=O) groups excluding carboxylic acids is 1. The fourth-order valence-electron chi connectivity index (χ4n) is 8.63. The lowest BCUT2D eigenvalue weighted by molar-refractivity contribution is -0.142. The average Bonchev–Trinajstić information content (AvgIpc) is 3.16. The van der Waals surface area contributed by atoms with Crippen LogP contribution in [0.2, 0.25) is 0 Å². The van der Waals surface area contributed by atoms with Crippen molar-refractivity contribution in [3.63, 3.8) is 0 Å². The third-order valence-electron chi connectivity index (χ3n) is 10.6. The Morgan fingerprint density at radius 2 is 1.94 bits per heavy atom. The first-order valence-corrected chi connectivity index (χ1v) is 13.5. The molecule has 0 aromatic heterocycles. The summed E-state index contributed by atoms with van der Waals surface area (Å²) in [4.78, 5) is 13.7. The molecular formula is C30H42O4. The van der Waals surface area contributed by atoms with E-state index >= 15 is 0 Å². The zero-order chi connectivity index (χ0) is 24.5. The van der Waals surface area contributed by atoms with E-state index in [1.54, 1.807) is 6.07 Å². The zero-order valence-corrected chi connectivity index (χ0v) is 21.7. The summed E-state index contributed by atoms with van der Waals surface area (Å²) in [7, 11) is 0. The number of phenolic OH excluding ortho intramolecular Hbond substituents is 2. The van der Waals surface area contributed by atoms with Gasteiger partial charge in [-0.25, -0.2) is 4.79 Å². The first-order valence-electron chi connectivity index (χ1n) is 13.5. The Hall–Kier alpha value is -1.97. The van der Waals surface area contributed by atoms with Crippen LogP contribution in [-0.2, 0) is 11.2 Å². The van der Waals surface area contributed by atoms with Crippen molar-refractivity contribution in [3.05, 3.63) is 34.4 Å². The number of allylic oxidation sites excluding steroid dienone is 2. The summed E-state index contributed by atoms with van der Waals surface area (Å²) < 4.78 is 6.21. The highest BCUT2D eigenvalue weighted by Gasteiger charge is 2.87. The second-order valence-electron chi connectivity index (χ2n) is 12.5. The van der Waals surface area contributed by atoms with Crippen LogP contribution in [0.1, 0.15) is 120 Å². The van der Waals surface area contributed by atoms with Gasteiger partial charge in [-0.1, -0.05) is 52.2 Å². The molecule has 3 fully saturated rings. The van der Waals surface area contributed by atoms with Crippen LogP contribution < -0.4 is 0 Å². The maximum absolute atomic E-state index is 13.7. The van der Waals surface area contributed by atoms with E-state index in [0.29, 0.717) is 28.4 Å². The highest BCUT2D eigenvalue weighted by Crippen LogP contribution is 2.90. The van der Waals surface area contributed by atoms with Crippen LogP contribution in [-0.4, -0.2) is 22.3 Å². The Morgan fingerprint density at radius 1 is 1.18 bits per heavy atom. The molecule has 0 heterocycles. The molecule has 5 atom stereocenters. The minimum absolute atomic E-state index is 0.0395. The van der Waals surface area contributed by atoms with E-state index in [1.165, 1.54) is 12.0 Å². The standard InChI is InChI=1S/C30H42O4/c1-6-7-8-11-20-16-21(31)24(19-12-9-10-18(2)15-19)26(32)25(20)27(33)34-23-17-30-22(28(30,3)4)13-14-29(23,30)5/h15-16,19,22-23,31-32H,6-14,17H2,1-5H3. The normalized spacial score (nSPS) is 35.1. The summed E-state index contributed by atoms with van der Waals surface area (Å²) in [5, 5.41) is 22.4. The lowest BCUT2D eigenvalue weighted by Gasteiger charge is -2.54. The summed E-state index contributed by atoms with van der Waals surface area (Å²) in [6, 6.07) is 1.72. The van der Waals surface area contributed by atoms with E-state index in [4.69, 9.17) is 4.74 Å². The predicted octanol–water partition coefficient (Wildman–Crippen LogP) is 7.42. The Morgan fingerprint density at radius 3 is 2.62 bits per heavy atom. The monoisotopic (exact) mass is 466 g/mol. The van der Waals surface area contributed by atoms with Gasteiger partial charge in [0.15, 0.2) is 0 Å². The lowest BCUT2D eigenvalue weighted by Crippen LogP contribution is -2.55. The molecule has 1 aromatic rings. The van der Waals surface area contributed by atoms with Gasteiger partial charge in [0.2, 0.25) is 0 Å². The second-order valence-corrected chi connectivity index (χ2v) is 12.5. The molecule has 5 unspecified atom stereocenters. The quantitative estimate of drug-likeness (QED) is 0.249. The van der Waals surface area contributed by atoms with Gasteiger partial charge >= 0.3 is 5.97 Å². The maximum Gasteiger partial charge on any atom is 0.342 e. The number of hydrogen-bond donors (Lipinski definition) is 2. The molecule has 0 saturated heterocycles. The van der Waals surface area contributed by atoms with Crippen LogP contribution in [0.3, 0.4) is 0 Å². The predicted molar refractivity (Wildman–Crippen MR) is 134 cm³/mol. The number of unbranched alkanes of at least 4 members (excludes halogenated alkanes) is 2. The molecule has 2 N–H and O–H groups in total. The molecule has 4 aliphatic rings. The molecule has 4 aliphatic carbocycles. The van der Waals surface area contributed by atoms with E-state index in [2.05, 4.69) is 40.7 Å². The van der Waals surface area contributed by atoms with Crippen molar-refractivity contribution in [1.82, 2.24) is 0 Å². The number of phenols is 2. The molecule has 186 valence electrons. The Kier molecular flexibility index (Phi) is 5.61. The van der Waals surface area contributed by atoms with E-state index in [0.717, 1.165) is 57.3 Å². The van der Waals surface area contributed by atoms with Crippen molar-refractivity contribution >= 4 is 5.97 Å². The molecule has 0 aliphatic heterocycles. The van der Waals surface area contributed by atoms with Gasteiger partial charge in [0.25, 0.3) is 0 Å². The largest absolute Gasteiger partial charge is 0.507 e. The number of aryl methyl sites for hydroxylation is 1. The molecule has 0 amide bonds. The van der Waals surface area contributed by atoms with Crippen LogP contribution in [0.25, 0.3) is 0 Å². The minimum atomic E-state index is -0.412. The number of esters is 1. The van der Waals surface area contributed by atoms with Crippen LogP contribution in [0, 0.1) is 22.2 Å². The SMILES string of the molecule is CCCCCc1cc(O)c(C2C=C(C)CCC2)c(O)c1C(=O)OC1CC23C(CCC12C)C3(C)C. The fraction of sp³-hybridized carbons (Fsp3) is 0.700. The summed E-state index contributed by atoms with van der Waals surface area (Å²) in [6.45, 7) is 11.3. The summed E-state index contributed by atoms with van der Waals surface area (Å²) in [6.07, 6.45) is 11.9. The van der Waals surface area contributed by atoms with Gasteiger partial charge < -0.3 is 14.9 Å². The minimum Gasteiger partial charge on any atom is -0.507 e. The topological polar surface area (TPSA) is 66.8 Å². The highest BCUT2D eigenvalue weighted by molar-refractivity contribution is 5.95. The van der Waals surface area contributed by atoms with Crippen LogP contribution in [0.4, 0.5) is 0 Å². The number of carbonyl (C=O) groups is 1. The number of hydrogen-bond acceptors (Lipinski definition) is 4. The molecule has 5 rings (SSSR count). The molecule has 0 radical (unpaired) electrons. The molecular weight excluding hydrogens is 424 g/mol. The molecule has 34 heavy (non-hydrogen) atoms. The van der Waals surface area contributed by atoms with E-state index in [9.17, 15) is 15.0 Å². The van der Waals surface area contributed by atoms with Crippen molar-refractivity contribution in [2.75, 3.05) is 0 Å². The molecule has 4 nitrogen and oxygen atoms in total. The van der Waals surface area contributed by atoms with Crippen molar-refractivity contribution in [2.45, 2.75) is 111 Å². The van der Waals surface area contributed by atoms with Gasteiger partial charge in [-0.3, -0.25) is 0 Å². The van der Waals surface area contributed by atoms with Crippen molar-refractivity contribution in [2.24, 2.45) is 22.2 Å².